The Morgan fingerprint density at radius 2 is 1.75 bits per heavy atom. The normalized spacial score (nSPS) is 13.2. The first-order chi connectivity index (χ1) is 9.81. The van der Waals surface area contributed by atoms with Crippen LogP contribution in [0, 0.1) is 0 Å². The first-order valence-corrected chi connectivity index (χ1v) is 6.85. The van der Waals surface area contributed by atoms with E-state index in [0.29, 0.717) is 13.0 Å². The van der Waals surface area contributed by atoms with Gasteiger partial charge in [-0.25, -0.2) is 4.79 Å². The summed E-state index contributed by atoms with van der Waals surface area (Å²) in [4.78, 5) is 12.2. The number of hydrogen-bond acceptors (Lipinski definition) is 2. The van der Waals surface area contributed by atoms with Gasteiger partial charge in [0.2, 0.25) is 0 Å². The van der Waals surface area contributed by atoms with Crippen molar-refractivity contribution in [1.29, 1.82) is 0 Å². The van der Waals surface area contributed by atoms with Gasteiger partial charge in [-0.2, -0.15) is 0 Å². The van der Waals surface area contributed by atoms with Gasteiger partial charge in [-0.15, -0.1) is 0 Å². The second kappa shape index (κ2) is 5.33. The van der Waals surface area contributed by atoms with Crippen molar-refractivity contribution in [2.24, 2.45) is 0 Å². The molecule has 2 heteroatoms. The minimum atomic E-state index is -0.206. The lowest BCUT2D eigenvalue weighted by Gasteiger charge is -2.08. The molecular weight excluding hydrogens is 248 g/mol. The summed E-state index contributed by atoms with van der Waals surface area (Å²) >= 11 is 0. The Labute approximate surface area is 118 Å². The first-order valence-electron chi connectivity index (χ1n) is 6.85. The molecule has 1 aliphatic carbocycles. The summed E-state index contributed by atoms with van der Waals surface area (Å²) < 4.78 is 5.21. The molecule has 0 heterocycles. The van der Waals surface area contributed by atoms with Gasteiger partial charge in [0.1, 0.15) is 0 Å². The fourth-order valence-electron chi connectivity index (χ4n) is 2.69. The molecule has 0 radical (unpaired) electrons. The van der Waals surface area contributed by atoms with Crippen LogP contribution in [-0.4, -0.2) is 12.6 Å². The zero-order valence-electron chi connectivity index (χ0n) is 11.4. The van der Waals surface area contributed by atoms with Crippen LogP contribution in [0.25, 0.3) is 5.57 Å². The highest BCUT2D eigenvalue weighted by molar-refractivity contribution is 6.05. The fourth-order valence-corrected chi connectivity index (χ4v) is 2.69. The zero-order chi connectivity index (χ0) is 13.9. The Balaban J connectivity index is 2.15. The van der Waals surface area contributed by atoms with Crippen molar-refractivity contribution in [1.82, 2.24) is 0 Å². The van der Waals surface area contributed by atoms with Crippen molar-refractivity contribution in [3.63, 3.8) is 0 Å². The van der Waals surface area contributed by atoms with E-state index in [2.05, 4.69) is 12.1 Å². The Hall–Kier alpha value is -2.35. The van der Waals surface area contributed by atoms with Crippen LogP contribution < -0.4 is 0 Å². The van der Waals surface area contributed by atoms with Gasteiger partial charge < -0.3 is 4.74 Å². The van der Waals surface area contributed by atoms with Gasteiger partial charge in [-0.05, 0) is 29.2 Å². The maximum absolute atomic E-state index is 12.2. The van der Waals surface area contributed by atoms with Crippen LogP contribution in [0.15, 0.2) is 60.2 Å². The molecule has 0 fully saturated rings. The quantitative estimate of drug-likeness (QED) is 0.792. The van der Waals surface area contributed by atoms with Crippen molar-refractivity contribution >= 4 is 11.5 Å². The molecule has 0 saturated heterocycles. The standard InChI is InChI=1S/C18H16O2/c1-2-20-18(19)16-12-14-10-6-7-11-15(14)17(16)13-8-4-3-5-9-13/h3-11H,2,12H2,1H3. The third-order valence-electron chi connectivity index (χ3n) is 3.54. The van der Waals surface area contributed by atoms with Crippen molar-refractivity contribution in [2.45, 2.75) is 13.3 Å². The third-order valence-corrected chi connectivity index (χ3v) is 3.54. The maximum atomic E-state index is 12.2. The molecule has 0 spiro atoms. The highest BCUT2D eigenvalue weighted by atomic mass is 16.5. The lowest BCUT2D eigenvalue weighted by Crippen LogP contribution is -2.09. The second-order valence-electron chi connectivity index (χ2n) is 4.77. The summed E-state index contributed by atoms with van der Waals surface area (Å²) in [6.45, 7) is 2.24. The molecule has 0 aromatic heterocycles. The zero-order valence-corrected chi connectivity index (χ0v) is 11.4. The predicted octanol–water partition coefficient (Wildman–Crippen LogP) is 3.61. The average molecular weight is 264 g/mol. The van der Waals surface area contributed by atoms with Gasteiger partial charge in [-0.1, -0.05) is 54.6 Å². The summed E-state index contributed by atoms with van der Waals surface area (Å²) in [5, 5.41) is 0. The van der Waals surface area contributed by atoms with Gasteiger partial charge >= 0.3 is 5.97 Å². The number of hydrogen-bond donors (Lipinski definition) is 0. The van der Waals surface area contributed by atoms with Crippen molar-refractivity contribution < 1.29 is 9.53 Å². The molecule has 3 rings (SSSR count). The first kappa shape index (κ1) is 12.7. The molecule has 20 heavy (non-hydrogen) atoms. The maximum Gasteiger partial charge on any atom is 0.334 e. The molecule has 2 aromatic carbocycles. The van der Waals surface area contributed by atoms with E-state index in [4.69, 9.17) is 4.74 Å². The van der Waals surface area contributed by atoms with Crippen molar-refractivity contribution in [3.8, 4) is 0 Å². The molecule has 0 bridgehead atoms. The van der Waals surface area contributed by atoms with Gasteiger partial charge in [0.25, 0.3) is 0 Å². The number of ether oxygens (including phenoxy) is 1. The van der Waals surface area contributed by atoms with E-state index in [1.54, 1.807) is 0 Å². The molecule has 0 unspecified atom stereocenters. The van der Waals surface area contributed by atoms with Crippen LogP contribution in [0.2, 0.25) is 0 Å². The molecule has 0 amide bonds. The molecule has 0 saturated carbocycles. The summed E-state index contributed by atoms with van der Waals surface area (Å²) in [7, 11) is 0. The second-order valence-corrected chi connectivity index (χ2v) is 4.77. The van der Waals surface area contributed by atoms with E-state index in [-0.39, 0.29) is 5.97 Å². The number of esters is 1. The monoisotopic (exact) mass is 264 g/mol. The SMILES string of the molecule is CCOC(=O)C1=C(c2ccccc2)c2ccccc2C1. The van der Waals surface area contributed by atoms with E-state index in [9.17, 15) is 4.79 Å². The predicted molar refractivity (Wildman–Crippen MR) is 79.2 cm³/mol. The third kappa shape index (κ3) is 2.14. The van der Waals surface area contributed by atoms with Gasteiger partial charge in [0.15, 0.2) is 0 Å². The van der Waals surface area contributed by atoms with Gasteiger partial charge in [0.05, 0.1) is 6.61 Å². The molecular formula is C18H16O2. The summed E-state index contributed by atoms with van der Waals surface area (Å²) in [6, 6.07) is 18.2. The molecule has 1 aliphatic rings. The van der Waals surface area contributed by atoms with E-state index in [1.165, 1.54) is 5.56 Å². The number of rotatable bonds is 3. The lowest BCUT2D eigenvalue weighted by molar-refractivity contribution is -0.138. The highest BCUT2D eigenvalue weighted by Crippen LogP contribution is 2.37. The Kier molecular flexibility index (Phi) is 3.38. The van der Waals surface area contributed by atoms with Crippen LogP contribution >= 0.6 is 0 Å². The Bertz CT molecular complexity index is 669. The van der Waals surface area contributed by atoms with E-state index in [0.717, 1.165) is 22.3 Å². The van der Waals surface area contributed by atoms with Gasteiger partial charge in [-0.3, -0.25) is 0 Å². The van der Waals surface area contributed by atoms with Crippen LogP contribution in [0.5, 0.6) is 0 Å². The molecule has 2 nitrogen and oxygen atoms in total. The topological polar surface area (TPSA) is 26.3 Å². The number of carbonyl (C=O) groups is 1. The van der Waals surface area contributed by atoms with Gasteiger partial charge in [0, 0.05) is 12.0 Å². The fraction of sp³-hybridized carbons (Fsp3) is 0.167. The van der Waals surface area contributed by atoms with E-state index >= 15 is 0 Å². The van der Waals surface area contributed by atoms with E-state index < -0.39 is 0 Å². The van der Waals surface area contributed by atoms with Crippen LogP contribution in [0.3, 0.4) is 0 Å². The minimum Gasteiger partial charge on any atom is -0.463 e. The number of carbonyl (C=O) groups excluding carboxylic acids is 1. The van der Waals surface area contributed by atoms with E-state index in [1.807, 2.05) is 49.4 Å². The Morgan fingerprint density at radius 3 is 2.50 bits per heavy atom. The van der Waals surface area contributed by atoms with Crippen molar-refractivity contribution in [2.75, 3.05) is 6.61 Å². The summed E-state index contributed by atoms with van der Waals surface area (Å²) in [6.07, 6.45) is 0.652. The van der Waals surface area contributed by atoms with Crippen LogP contribution in [0.4, 0.5) is 0 Å². The van der Waals surface area contributed by atoms with Crippen LogP contribution in [0.1, 0.15) is 23.6 Å². The summed E-state index contributed by atoms with van der Waals surface area (Å²) in [5.74, 6) is -0.206. The van der Waals surface area contributed by atoms with Crippen LogP contribution in [-0.2, 0) is 16.0 Å². The smallest absolute Gasteiger partial charge is 0.334 e. The molecule has 0 aliphatic heterocycles. The minimum absolute atomic E-state index is 0.206. The molecule has 0 N–H and O–H groups in total. The van der Waals surface area contributed by atoms with Crippen molar-refractivity contribution in [3.05, 3.63) is 76.9 Å². The molecule has 2 aromatic rings. The highest BCUT2D eigenvalue weighted by Gasteiger charge is 2.27. The molecule has 0 atom stereocenters. The largest absolute Gasteiger partial charge is 0.463 e. The number of benzene rings is 2. The average Bonchev–Trinajstić information content (AvgIpc) is 2.88. The lowest BCUT2D eigenvalue weighted by atomic mass is 9.98. The molecule has 100 valence electrons. The summed E-state index contributed by atoms with van der Waals surface area (Å²) in [5.41, 5.74) is 5.18. The Morgan fingerprint density at radius 1 is 1.05 bits per heavy atom. The number of fused-ring (bicyclic) bond motifs is 1.